The Morgan fingerprint density at radius 1 is 1.28 bits per heavy atom. The van der Waals surface area contributed by atoms with Gasteiger partial charge in [-0.25, -0.2) is 0 Å². The van der Waals surface area contributed by atoms with Crippen LogP contribution in [0.5, 0.6) is 0 Å². The number of hydrogen-bond donors (Lipinski definition) is 1. The summed E-state index contributed by atoms with van der Waals surface area (Å²) in [7, 11) is 1.87. The number of carbonyl (C=O) groups is 1. The van der Waals surface area contributed by atoms with Gasteiger partial charge in [-0.3, -0.25) is 4.79 Å². The van der Waals surface area contributed by atoms with Crippen LogP contribution >= 0.6 is 0 Å². The zero-order valence-corrected chi connectivity index (χ0v) is 11.7. The number of esters is 1. The first-order chi connectivity index (χ1) is 8.40. The van der Waals surface area contributed by atoms with E-state index in [2.05, 4.69) is 17.4 Å². The summed E-state index contributed by atoms with van der Waals surface area (Å²) in [6.07, 6.45) is 1.22. The Morgan fingerprint density at radius 3 is 2.39 bits per heavy atom. The van der Waals surface area contributed by atoms with Crippen LogP contribution in [0.3, 0.4) is 0 Å². The van der Waals surface area contributed by atoms with Crippen molar-refractivity contribution < 1.29 is 9.53 Å². The van der Waals surface area contributed by atoms with Gasteiger partial charge in [0, 0.05) is 6.04 Å². The highest BCUT2D eigenvalue weighted by atomic mass is 16.6. The third-order valence-corrected chi connectivity index (χ3v) is 2.57. The van der Waals surface area contributed by atoms with Crippen molar-refractivity contribution in [3.8, 4) is 0 Å². The molecule has 0 radical (unpaired) electrons. The molecule has 3 heteroatoms. The lowest BCUT2D eigenvalue weighted by atomic mass is 10.0. The lowest BCUT2D eigenvalue weighted by Gasteiger charge is -2.22. The van der Waals surface area contributed by atoms with Gasteiger partial charge < -0.3 is 10.1 Å². The first-order valence-corrected chi connectivity index (χ1v) is 6.34. The Bertz CT molecular complexity index is 368. The molecule has 1 aromatic rings. The number of carbonyl (C=O) groups excluding carboxylic acids is 1. The normalized spacial score (nSPS) is 13.1. The molecule has 0 bridgehead atoms. The highest BCUT2D eigenvalue weighted by molar-refractivity contribution is 5.70. The second kappa shape index (κ2) is 6.55. The molecule has 3 nitrogen and oxygen atoms in total. The highest BCUT2D eigenvalue weighted by Gasteiger charge is 2.19. The SMILES string of the molecule is CNC(CC(=O)OC(C)(C)C)Cc1ccccc1. The fourth-order valence-electron chi connectivity index (χ4n) is 1.76. The summed E-state index contributed by atoms with van der Waals surface area (Å²) in [6, 6.07) is 10.3. The maximum Gasteiger partial charge on any atom is 0.307 e. The summed E-state index contributed by atoms with van der Waals surface area (Å²) in [5.41, 5.74) is 0.808. The predicted molar refractivity (Wildman–Crippen MR) is 73.5 cm³/mol. The van der Waals surface area contributed by atoms with Gasteiger partial charge in [0.2, 0.25) is 0 Å². The van der Waals surface area contributed by atoms with Gasteiger partial charge >= 0.3 is 5.97 Å². The van der Waals surface area contributed by atoms with Gasteiger partial charge in [-0.15, -0.1) is 0 Å². The molecule has 0 saturated heterocycles. The molecule has 1 aromatic carbocycles. The first kappa shape index (κ1) is 14.7. The average Bonchev–Trinajstić information content (AvgIpc) is 2.27. The minimum absolute atomic E-state index is 0.113. The zero-order chi connectivity index (χ0) is 13.6. The van der Waals surface area contributed by atoms with E-state index in [1.54, 1.807) is 0 Å². The van der Waals surface area contributed by atoms with Crippen LogP contribution < -0.4 is 5.32 Å². The van der Waals surface area contributed by atoms with Crippen molar-refractivity contribution in [2.24, 2.45) is 0 Å². The molecule has 1 atom stereocenters. The summed E-state index contributed by atoms with van der Waals surface area (Å²) in [5, 5.41) is 3.17. The molecule has 0 aromatic heterocycles. The minimum Gasteiger partial charge on any atom is -0.460 e. The number of benzene rings is 1. The Morgan fingerprint density at radius 2 is 1.89 bits per heavy atom. The van der Waals surface area contributed by atoms with Crippen LogP contribution in [0.15, 0.2) is 30.3 Å². The van der Waals surface area contributed by atoms with Crippen molar-refractivity contribution in [1.82, 2.24) is 5.32 Å². The van der Waals surface area contributed by atoms with Crippen LogP contribution in [0.1, 0.15) is 32.8 Å². The van der Waals surface area contributed by atoms with Crippen LogP contribution in [-0.4, -0.2) is 24.7 Å². The maximum atomic E-state index is 11.8. The number of ether oxygens (including phenoxy) is 1. The third-order valence-electron chi connectivity index (χ3n) is 2.57. The Balaban J connectivity index is 2.50. The zero-order valence-electron chi connectivity index (χ0n) is 11.7. The van der Waals surface area contributed by atoms with E-state index in [-0.39, 0.29) is 12.0 Å². The summed E-state index contributed by atoms with van der Waals surface area (Å²) < 4.78 is 5.33. The molecule has 0 aliphatic heterocycles. The Labute approximate surface area is 110 Å². The smallest absolute Gasteiger partial charge is 0.307 e. The number of hydrogen-bond acceptors (Lipinski definition) is 3. The van der Waals surface area contributed by atoms with Gasteiger partial charge in [-0.05, 0) is 39.8 Å². The van der Waals surface area contributed by atoms with Crippen molar-refractivity contribution in [1.29, 1.82) is 0 Å². The average molecular weight is 249 g/mol. The number of nitrogens with one attached hydrogen (secondary N) is 1. The van der Waals surface area contributed by atoms with Crippen LogP contribution in [-0.2, 0) is 16.0 Å². The van der Waals surface area contributed by atoms with Gasteiger partial charge in [0.1, 0.15) is 5.60 Å². The van der Waals surface area contributed by atoms with E-state index in [1.807, 2.05) is 46.0 Å². The molecule has 0 spiro atoms. The fourth-order valence-corrected chi connectivity index (χ4v) is 1.76. The molecule has 1 unspecified atom stereocenters. The van der Waals surface area contributed by atoms with E-state index < -0.39 is 5.60 Å². The standard InChI is InChI=1S/C15H23NO2/c1-15(2,3)18-14(17)11-13(16-4)10-12-8-6-5-7-9-12/h5-9,13,16H,10-11H2,1-4H3. The largest absolute Gasteiger partial charge is 0.460 e. The van der Waals surface area contributed by atoms with Gasteiger partial charge in [0.25, 0.3) is 0 Å². The van der Waals surface area contributed by atoms with Crippen LogP contribution in [0, 0.1) is 0 Å². The van der Waals surface area contributed by atoms with Crippen molar-refractivity contribution in [3.05, 3.63) is 35.9 Å². The topological polar surface area (TPSA) is 38.3 Å². The summed E-state index contributed by atoms with van der Waals surface area (Å²) >= 11 is 0. The molecule has 100 valence electrons. The molecule has 18 heavy (non-hydrogen) atoms. The quantitative estimate of drug-likeness (QED) is 0.815. The van der Waals surface area contributed by atoms with Gasteiger partial charge in [0.05, 0.1) is 6.42 Å². The molecule has 1 N–H and O–H groups in total. The summed E-state index contributed by atoms with van der Waals surface area (Å²) in [6.45, 7) is 5.66. The van der Waals surface area contributed by atoms with Crippen LogP contribution in [0.2, 0.25) is 0 Å². The molecular formula is C15H23NO2. The molecule has 1 rings (SSSR count). The van der Waals surface area contributed by atoms with E-state index in [1.165, 1.54) is 5.56 Å². The van der Waals surface area contributed by atoms with Crippen LogP contribution in [0.25, 0.3) is 0 Å². The van der Waals surface area contributed by atoms with Gasteiger partial charge in [-0.1, -0.05) is 30.3 Å². The van der Waals surface area contributed by atoms with Crippen LogP contribution in [0.4, 0.5) is 0 Å². The van der Waals surface area contributed by atoms with Crippen molar-refractivity contribution in [2.75, 3.05) is 7.05 Å². The number of likely N-dealkylation sites (N-methyl/N-ethyl adjacent to an activating group) is 1. The summed E-state index contributed by atoms with van der Waals surface area (Å²) in [4.78, 5) is 11.8. The minimum atomic E-state index is -0.415. The molecule has 0 amide bonds. The fraction of sp³-hybridized carbons (Fsp3) is 0.533. The molecular weight excluding hydrogens is 226 g/mol. The van der Waals surface area contributed by atoms with E-state index >= 15 is 0 Å². The van der Waals surface area contributed by atoms with E-state index in [0.29, 0.717) is 6.42 Å². The lowest BCUT2D eigenvalue weighted by Crippen LogP contribution is -2.33. The van der Waals surface area contributed by atoms with Crippen molar-refractivity contribution >= 4 is 5.97 Å². The maximum absolute atomic E-state index is 11.8. The van der Waals surface area contributed by atoms with E-state index in [4.69, 9.17) is 4.74 Å². The second-order valence-corrected chi connectivity index (χ2v) is 5.47. The molecule has 0 aliphatic carbocycles. The second-order valence-electron chi connectivity index (χ2n) is 5.47. The van der Waals surface area contributed by atoms with Gasteiger partial charge in [-0.2, -0.15) is 0 Å². The number of rotatable bonds is 5. The van der Waals surface area contributed by atoms with Gasteiger partial charge in [0.15, 0.2) is 0 Å². The third kappa shape index (κ3) is 5.82. The predicted octanol–water partition coefficient (Wildman–Crippen LogP) is 2.55. The Hall–Kier alpha value is -1.35. The van der Waals surface area contributed by atoms with E-state index in [9.17, 15) is 4.79 Å². The lowest BCUT2D eigenvalue weighted by molar-refractivity contribution is -0.155. The highest BCUT2D eigenvalue weighted by Crippen LogP contribution is 2.11. The van der Waals surface area contributed by atoms with Crippen molar-refractivity contribution in [3.63, 3.8) is 0 Å². The first-order valence-electron chi connectivity index (χ1n) is 6.34. The molecule has 0 fully saturated rings. The van der Waals surface area contributed by atoms with Crippen molar-refractivity contribution in [2.45, 2.75) is 45.3 Å². The molecule has 0 aliphatic rings. The monoisotopic (exact) mass is 249 g/mol. The van der Waals surface area contributed by atoms with E-state index in [0.717, 1.165) is 6.42 Å². The molecule has 0 heterocycles. The Kier molecular flexibility index (Phi) is 5.35. The summed E-state index contributed by atoms with van der Waals surface area (Å²) in [5.74, 6) is -0.155. The molecule has 0 saturated carbocycles.